The van der Waals surface area contributed by atoms with Gasteiger partial charge in [0, 0.05) is 6.04 Å². The first kappa shape index (κ1) is 7.59. The maximum atomic E-state index is 5.56. The molecule has 0 aliphatic heterocycles. The Balaban J connectivity index is 1.98. The molecule has 10 heavy (non-hydrogen) atoms. The third-order valence-electron chi connectivity index (χ3n) is 1.70. The number of ether oxygens (including phenoxy) is 1. The predicted molar refractivity (Wildman–Crippen MR) is 40.4 cm³/mol. The van der Waals surface area contributed by atoms with Gasteiger partial charge in [-0.1, -0.05) is 5.92 Å². The molecular weight excluding hydrogens is 126 g/mol. The highest BCUT2D eigenvalue weighted by molar-refractivity contribution is 4.96. The summed E-state index contributed by atoms with van der Waals surface area (Å²) in [5, 5.41) is 0. The molecule has 1 aliphatic carbocycles. The largest absolute Gasteiger partial charge is 0.365 e. The Morgan fingerprint density at radius 3 is 2.80 bits per heavy atom. The van der Waals surface area contributed by atoms with Crippen LogP contribution in [0.15, 0.2) is 0 Å². The third kappa shape index (κ3) is 2.02. The first-order valence-corrected chi connectivity index (χ1v) is 3.59. The van der Waals surface area contributed by atoms with Crippen LogP contribution in [0.5, 0.6) is 0 Å². The molecular formula is C8H13NO. The Labute approximate surface area is 61.7 Å². The summed E-state index contributed by atoms with van der Waals surface area (Å²) in [6.07, 6.45) is 2.40. The first-order valence-electron chi connectivity index (χ1n) is 3.59. The molecule has 1 aliphatic rings. The zero-order valence-corrected chi connectivity index (χ0v) is 6.26. The SMILES string of the molecule is CC#CCOC1CC(N)C1. The lowest BCUT2D eigenvalue weighted by atomic mass is 9.90. The third-order valence-corrected chi connectivity index (χ3v) is 1.70. The molecule has 0 bridgehead atoms. The standard InChI is InChI=1S/C8H13NO/c1-2-3-4-10-8-5-7(9)6-8/h7-8H,4-6,9H2,1H3. The summed E-state index contributed by atoms with van der Waals surface area (Å²) >= 11 is 0. The molecule has 0 spiro atoms. The van der Waals surface area contributed by atoms with E-state index in [0.29, 0.717) is 18.8 Å². The molecule has 1 rings (SSSR count). The van der Waals surface area contributed by atoms with Crippen molar-refractivity contribution in [3.8, 4) is 11.8 Å². The first-order chi connectivity index (χ1) is 4.83. The minimum absolute atomic E-state index is 0.375. The van der Waals surface area contributed by atoms with E-state index in [-0.39, 0.29) is 0 Å². The highest BCUT2D eigenvalue weighted by atomic mass is 16.5. The minimum atomic E-state index is 0.375. The van der Waals surface area contributed by atoms with Crippen molar-refractivity contribution >= 4 is 0 Å². The van der Waals surface area contributed by atoms with Gasteiger partial charge < -0.3 is 10.5 Å². The highest BCUT2D eigenvalue weighted by Crippen LogP contribution is 2.20. The summed E-state index contributed by atoms with van der Waals surface area (Å²) in [5.74, 6) is 5.63. The van der Waals surface area contributed by atoms with Crippen molar-refractivity contribution < 1.29 is 4.74 Å². The maximum absolute atomic E-state index is 5.56. The van der Waals surface area contributed by atoms with Gasteiger partial charge in [-0.3, -0.25) is 0 Å². The Morgan fingerprint density at radius 2 is 2.30 bits per heavy atom. The molecule has 1 saturated carbocycles. The summed E-state index contributed by atoms with van der Waals surface area (Å²) in [5.41, 5.74) is 5.56. The molecule has 0 aromatic rings. The lowest BCUT2D eigenvalue weighted by Gasteiger charge is -2.31. The lowest BCUT2D eigenvalue weighted by molar-refractivity contribution is 0.00968. The van der Waals surface area contributed by atoms with E-state index in [2.05, 4.69) is 11.8 Å². The van der Waals surface area contributed by atoms with Crippen LogP contribution in [0.3, 0.4) is 0 Å². The quantitative estimate of drug-likeness (QED) is 0.566. The van der Waals surface area contributed by atoms with E-state index in [4.69, 9.17) is 10.5 Å². The summed E-state index contributed by atoms with van der Waals surface area (Å²) < 4.78 is 5.34. The number of rotatable bonds is 2. The molecule has 0 atom stereocenters. The van der Waals surface area contributed by atoms with E-state index in [9.17, 15) is 0 Å². The normalized spacial score (nSPS) is 30.2. The Morgan fingerprint density at radius 1 is 1.60 bits per heavy atom. The maximum Gasteiger partial charge on any atom is 0.108 e. The monoisotopic (exact) mass is 139 g/mol. The van der Waals surface area contributed by atoms with E-state index < -0.39 is 0 Å². The van der Waals surface area contributed by atoms with Gasteiger partial charge in [0.15, 0.2) is 0 Å². The molecule has 0 radical (unpaired) electrons. The van der Waals surface area contributed by atoms with E-state index in [0.717, 1.165) is 12.8 Å². The molecule has 0 amide bonds. The molecule has 0 aromatic carbocycles. The van der Waals surface area contributed by atoms with Crippen molar-refractivity contribution in [2.75, 3.05) is 6.61 Å². The second kappa shape index (κ2) is 3.60. The van der Waals surface area contributed by atoms with Crippen molar-refractivity contribution in [2.45, 2.75) is 31.9 Å². The molecule has 0 saturated heterocycles. The van der Waals surface area contributed by atoms with Crippen molar-refractivity contribution in [2.24, 2.45) is 5.73 Å². The zero-order valence-electron chi connectivity index (χ0n) is 6.26. The van der Waals surface area contributed by atoms with Crippen LogP contribution in [-0.4, -0.2) is 18.8 Å². The average molecular weight is 139 g/mol. The van der Waals surface area contributed by atoms with Crippen LogP contribution in [0.2, 0.25) is 0 Å². The Kier molecular flexibility index (Phi) is 2.73. The van der Waals surface area contributed by atoms with Crippen molar-refractivity contribution in [1.29, 1.82) is 0 Å². The van der Waals surface area contributed by atoms with Gasteiger partial charge >= 0.3 is 0 Å². The molecule has 0 unspecified atom stereocenters. The van der Waals surface area contributed by atoms with Gasteiger partial charge in [-0.2, -0.15) is 0 Å². The molecule has 0 heterocycles. The van der Waals surface area contributed by atoms with Gasteiger partial charge in [0.1, 0.15) is 6.61 Å². The van der Waals surface area contributed by atoms with Crippen LogP contribution in [-0.2, 0) is 4.74 Å². The minimum Gasteiger partial charge on any atom is -0.365 e. The Hall–Kier alpha value is -0.520. The van der Waals surface area contributed by atoms with Gasteiger partial charge in [0.25, 0.3) is 0 Å². The number of hydrogen-bond acceptors (Lipinski definition) is 2. The number of nitrogens with two attached hydrogens (primary N) is 1. The molecule has 56 valence electrons. The average Bonchev–Trinajstić information content (AvgIpc) is 1.85. The van der Waals surface area contributed by atoms with Crippen LogP contribution in [0.25, 0.3) is 0 Å². The van der Waals surface area contributed by atoms with Gasteiger partial charge in [0.05, 0.1) is 6.10 Å². The van der Waals surface area contributed by atoms with Crippen LogP contribution in [0.1, 0.15) is 19.8 Å². The fourth-order valence-electron chi connectivity index (χ4n) is 0.974. The van der Waals surface area contributed by atoms with Crippen LogP contribution < -0.4 is 5.73 Å². The molecule has 2 nitrogen and oxygen atoms in total. The summed E-state index contributed by atoms with van der Waals surface area (Å²) in [4.78, 5) is 0. The molecule has 2 N–H and O–H groups in total. The lowest BCUT2D eigenvalue weighted by Crippen LogP contribution is -2.41. The molecule has 2 heteroatoms. The van der Waals surface area contributed by atoms with Crippen molar-refractivity contribution in [3.05, 3.63) is 0 Å². The summed E-state index contributed by atoms with van der Waals surface area (Å²) in [6.45, 7) is 2.38. The van der Waals surface area contributed by atoms with E-state index >= 15 is 0 Å². The second-order valence-corrected chi connectivity index (χ2v) is 2.59. The Bertz CT molecular complexity index is 150. The van der Waals surface area contributed by atoms with Gasteiger partial charge in [-0.05, 0) is 19.8 Å². The van der Waals surface area contributed by atoms with Gasteiger partial charge in [0.2, 0.25) is 0 Å². The topological polar surface area (TPSA) is 35.2 Å². The second-order valence-electron chi connectivity index (χ2n) is 2.59. The fraction of sp³-hybridized carbons (Fsp3) is 0.750. The molecule has 1 fully saturated rings. The van der Waals surface area contributed by atoms with Crippen molar-refractivity contribution in [1.82, 2.24) is 0 Å². The van der Waals surface area contributed by atoms with Gasteiger partial charge in [-0.25, -0.2) is 0 Å². The highest BCUT2D eigenvalue weighted by Gasteiger charge is 2.25. The van der Waals surface area contributed by atoms with Crippen LogP contribution >= 0.6 is 0 Å². The molecule has 0 aromatic heterocycles. The van der Waals surface area contributed by atoms with Crippen LogP contribution in [0.4, 0.5) is 0 Å². The van der Waals surface area contributed by atoms with E-state index in [1.54, 1.807) is 0 Å². The summed E-state index contributed by atoms with van der Waals surface area (Å²) in [7, 11) is 0. The van der Waals surface area contributed by atoms with Crippen molar-refractivity contribution in [3.63, 3.8) is 0 Å². The van der Waals surface area contributed by atoms with Gasteiger partial charge in [-0.15, -0.1) is 5.92 Å². The summed E-state index contributed by atoms with van der Waals surface area (Å²) in [6, 6.07) is 0.375. The predicted octanol–water partition coefficient (Wildman–Crippen LogP) is 0.516. The van der Waals surface area contributed by atoms with Crippen LogP contribution in [0, 0.1) is 11.8 Å². The zero-order chi connectivity index (χ0) is 7.40. The number of hydrogen-bond donors (Lipinski definition) is 1. The fourth-order valence-corrected chi connectivity index (χ4v) is 0.974. The van der Waals surface area contributed by atoms with E-state index in [1.165, 1.54) is 0 Å². The van der Waals surface area contributed by atoms with E-state index in [1.807, 2.05) is 6.92 Å². The smallest absolute Gasteiger partial charge is 0.108 e.